The monoisotopic (exact) mass is 182 g/mol. The van der Waals surface area contributed by atoms with Gasteiger partial charge in [0.15, 0.2) is 0 Å². The minimum atomic E-state index is 0.0111. The van der Waals surface area contributed by atoms with Crippen molar-refractivity contribution in [1.82, 2.24) is 0 Å². The molecule has 0 N–H and O–H groups in total. The highest BCUT2D eigenvalue weighted by atomic mass is 16.5. The van der Waals surface area contributed by atoms with E-state index in [0.29, 0.717) is 12.0 Å². The van der Waals surface area contributed by atoms with Crippen LogP contribution in [0, 0.1) is 11.3 Å². The van der Waals surface area contributed by atoms with Crippen molar-refractivity contribution in [3.63, 3.8) is 0 Å². The highest BCUT2D eigenvalue weighted by molar-refractivity contribution is 5.61. The van der Waals surface area contributed by atoms with Gasteiger partial charge in [-0.05, 0) is 31.6 Å². The van der Waals surface area contributed by atoms with Gasteiger partial charge in [0.1, 0.15) is 6.29 Å². The first-order valence-corrected chi connectivity index (χ1v) is 5.31. The molecule has 13 heavy (non-hydrogen) atoms. The topological polar surface area (TPSA) is 26.3 Å². The summed E-state index contributed by atoms with van der Waals surface area (Å²) in [6.07, 6.45) is 8.56. The van der Waals surface area contributed by atoms with Gasteiger partial charge in [-0.15, -0.1) is 0 Å². The normalized spacial score (nSPS) is 37.0. The third-order valence-corrected chi connectivity index (χ3v) is 4.01. The Morgan fingerprint density at radius 1 is 1.31 bits per heavy atom. The van der Waals surface area contributed by atoms with Gasteiger partial charge in [0.25, 0.3) is 0 Å². The Labute approximate surface area is 79.7 Å². The predicted octanol–water partition coefficient (Wildman–Crippen LogP) is 2.17. The molecule has 0 spiro atoms. The van der Waals surface area contributed by atoms with Crippen LogP contribution in [-0.4, -0.2) is 19.5 Å². The van der Waals surface area contributed by atoms with Crippen LogP contribution in [0.2, 0.25) is 0 Å². The fourth-order valence-corrected chi connectivity index (χ4v) is 3.03. The SMILES string of the molecule is COC1CCCC1C1(C=O)CCC1. The number of carbonyl (C=O) groups excluding carboxylic acids is 1. The Bertz CT molecular complexity index is 196. The van der Waals surface area contributed by atoms with E-state index in [2.05, 4.69) is 0 Å². The predicted molar refractivity (Wildman–Crippen MR) is 50.5 cm³/mol. The fourth-order valence-electron chi connectivity index (χ4n) is 3.03. The molecule has 2 nitrogen and oxygen atoms in total. The standard InChI is InChI=1S/C11H18O2/c1-13-10-5-2-4-9(10)11(8-12)6-3-7-11/h8-10H,2-7H2,1H3. The molecular formula is C11H18O2. The van der Waals surface area contributed by atoms with Gasteiger partial charge >= 0.3 is 0 Å². The van der Waals surface area contributed by atoms with Gasteiger partial charge in [0.05, 0.1) is 6.10 Å². The Kier molecular flexibility index (Phi) is 2.41. The largest absolute Gasteiger partial charge is 0.381 e. The van der Waals surface area contributed by atoms with Crippen molar-refractivity contribution in [2.24, 2.45) is 11.3 Å². The van der Waals surface area contributed by atoms with E-state index in [1.807, 2.05) is 0 Å². The van der Waals surface area contributed by atoms with Crippen LogP contribution >= 0.6 is 0 Å². The molecule has 0 aliphatic heterocycles. The minimum Gasteiger partial charge on any atom is -0.381 e. The quantitative estimate of drug-likeness (QED) is 0.625. The van der Waals surface area contributed by atoms with E-state index < -0.39 is 0 Å². The molecule has 2 unspecified atom stereocenters. The summed E-state index contributed by atoms with van der Waals surface area (Å²) in [7, 11) is 1.78. The van der Waals surface area contributed by atoms with Crippen LogP contribution in [0.3, 0.4) is 0 Å². The molecule has 0 heterocycles. The smallest absolute Gasteiger partial charge is 0.126 e. The van der Waals surface area contributed by atoms with Crippen LogP contribution in [0.15, 0.2) is 0 Å². The van der Waals surface area contributed by atoms with E-state index >= 15 is 0 Å². The molecule has 0 aromatic heterocycles. The molecule has 0 aromatic carbocycles. The molecule has 0 bridgehead atoms. The summed E-state index contributed by atoms with van der Waals surface area (Å²) in [4.78, 5) is 11.1. The van der Waals surface area contributed by atoms with Crippen LogP contribution in [-0.2, 0) is 9.53 Å². The molecule has 0 saturated heterocycles. The van der Waals surface area contributed by atoms with E-state index in [1.54, 1.807) is 7.11 Å². The lowest BCUT2D eigenvalue weighted by Crippen LogP contribution is -2.42. The number of ether oxygens (including phenoxy) is 1. The first-order valence-electron chi connectivity index (χ1n) is 5.31. The summed E-state index contributed by atoms with van der Waals surface area (Å²) >= 11 is 0. The Morgan fingerprint density at radius 3 is 2.54 bits per heavy atom. The maximum Gasteiger partial charge on any atom is 0.126 e. The van der Waals surface area contributed by atoms with Gasteiger partial charge in [-0.3, -0.25) is 0 Å². The van der Waals surface area contributed by atoms with Crippen molar-refractivity contribution in [2.75, 3.05) is 7.11 Å². The minimum absolute atomic E-state index is 0.0111. The molecule has 2 atom stereocenters. The van der Waals surface area contributed by atoms with Crippen LogP contribution in [0.1, 0.15) is 38.5 Å². The Hall–Kier alpha value is -0.370. The number of aldehydes is 1. The van der Waals surface area contributed by atoms with Crippen molar-refractivity contribution in [3.05, 3.63) is 0 Å². The molecule has 2 aliphatic carbocycles. The third kappa shape index (κ3) is 1.32. The Morgan fingerprint density at radius 2 is 2.08 bits per heavy atom. The molecule has 74 valence electrons. The van der Waals surface area contributed by atoms with E-state index in [4.69, 9.17) is 4.74 Å². The molecule has 2 aliphatic rings. The van der Waals surface area contributed by atoms with Gasteiger partial charge in [-0.1, -0.05) is 12.8 Å². The zero-order valence-corrected chi connectivity index (χ0v) is 8.29. The molecule has 0 amide bonds. The summed E-state index contributed by atoms with van der Waals surface area (Å²) < 4.78 is 5.45. The van der Waals surface area contributed by atoms with E-state index in [9.17, 15) is 4.79 Å². The zero-order chi connectivity index (χ0) is 9.31. The maximum atomic E-state index is 11.1. The van der Waals surface area contributed by atoms with Gasteiger partial charge in [-0.2, -0.15) is 0 Å². The number of methoxy groups -OCH3 is 1. The second kappa shape index (κ2) is 3.41. The molecule has 0 aromatic rings. The average Bonchev–Trinajstić information content (AvgIpc) is 2.52. The number of hydrogen-bond acceptors (Lipinski definition) is 2. The van der Waals surface area contributed by atoms with E-state index in [1.165, 1.54) is 25.5 Å². The highest BCUT2D eigenvalue weighted by Gasteiger charge is 2.48. The first kappa shape index (κ1) is 9.20. The number of rotatable bonds is 3. The van der Waals surface area contributed by atoms with E-state index in [0.717, 1.165) is 19.3 Å². The van der Waals surface area contributed by atoms with Crippen LogP contribution < -0.4 is 0 Å². The number of carbonyl (C=O) groups is 1. The summed E-state index contributed by atoms with van der Waals surface area (Å²) in [6.45, 7) is 0. The van der Waals surface area contributed by atoms with Crippen LogP contribution in [0.25, 0.3) is 0 Å². The molecule has 2 heteroatoms. The van der Waals surface area contributed by atoms with Gasteiger partial charge in [0, 0.05) is 12.5 Å². The van der Waals surface area contributed by atoms with Crippen molar-refractivity contribution in [1.29, 1.82) is 0 Å². The summed E-state index contributed by atoms with van der Waals surface area (Å²) in [5.74, 6) is 0.517. The van der Waals surface area contributed by atoms with Gasteiger partial charge in [0.2, 0.25) is 0 Å². The van der Waals surface area contributed by atoms with Crippen molar-refractivity contribution in [2.45, 2.75) is 44.6 Å². The number of hydrogen-bond donors (Lipinski definition) is 0. The molecular weight excluding hydrogens is 164 g/mol. The van der Waals surface area contributed by atoms with Gasteiger partial charge in [-0.25, -0.2) is 0 Å². The lowest BCUT2D eigenvalue weighted by molar-refractivity contribution is -0.129. The zero-order valence-electron chi connectivity index (χ0n) is 8.29. The summed E-state index contributed by atoms with van der Waals surface area (Å²) in [5, 5.41) is 0. The molecule has 2 fully saturated rings. The molecule has 2 saturated carbocycles. The molecule has 2 rings (SSSR count). The third-order valence-electron chi connectivity index (χ3n) is 4.01. The fraction of sp³-hybridized carbons (Fsp3) is 0.909. The molecule has 0 radical (unpaired) electrons. The van der Waals surface area contributed by atoms with Crippen molar-refractivity contribution in [3.8, 4) is 0 Å². The lowest BCUT2D eigenvalue weighted by Gasteiger charge is -2.44. The van der Waals surface area contributed by atoms with Crippen LogP contribution in [0.4, 0.5) is 0 Å². The lowest BCUT2D eigenvalue weighted by atomic mass is 9.61. The second-order valence-corrected chi connectivity index (χ2v) is 4.52. The average molecular weight is 182 g/mol. The van der Waals surface area contributed by atoms with Crippen LogP contribution in [0.5, 0.6) is 0 Å². The summed E-state index contributed by atoms with van der Waals surface area (Å²) in [6, 6.07) is 0. The van der Waals surface area contributed by atoms with Crippen molar-refractivity contribution < 1.29 is 9.53 Å². The summed E-state index contributed by atoms with van der Waals surface area (Å²) in [5.41, 5.74) is 0.0111. The van der Waals surface area contributed by atoms with E-state index in [-0.39, 0.29) is 5.41 Å². The second-order valence-electron chi connectivity index (χ2n) is 4.52. The highest BCUT2D eigenvalue weighted by Crippen LogP contribution is 2.51. The Balaban J connectivity index is 2.09. The maximum absolute atomic E-state index is 11.1. The first-order chi connectivity index (χ1) is 6.32. The van der Waals surface area contributed by atoms with Crippen molar-refractivity contribution >= 4 is 6.29 Å². The van der Waals surface area contributed by atoms with Gasteiger partial charge < -0.3 is 9.53 Å².